The highest BCUT2D eigenvalue weighted by Gasteiger charge is 2.11. The molecule has 0 aromatic heterocycles. The van der Waals surface area contributed by atoms with Gasteiger partial charge in [-0.25, -0.2) is 0 Å². The molecule has 0 saturated carbocycles. The largest absolute Gasteiger partial charge is 0.392 e. The Morgan fingerprint density at radius 2 is 2.25 bits per heavy atom. The average molecular weight is 282 g/mol. The normalized spacial score (nSPS) is 16.2. The zero-order valence-corrected chi connectivity index (χ0v) is 11.0. The molecule has 3 heteroatoms. The molecule has 2 rings (SSSR count). The summed E-state index contributed by atoms with van der Waals surface area (Å²) in [5, 5.41) is 9.11. The Labute approximate surface area is 105 Å². The fourth-order valence-electron chi connectivity index (χ4n) is 1.99. The lowest BCUT2D eigenvalue weighted by molar-refractivity contribution is 0.281. The van der Waals surface area contributed by atoms with Crippen LogP contribution in [-0.4, -0.2) is 18.2 Å². The van der Waals surface area contributed by atoms with Crippen LogP contribution in [0.1, 0.15) is 18.9 Å². The van der Waals surface area contributed by atoms with Gasteiger partial charge in [-0.2, -0.15) is 0 Å². The molecule has 0 saturated heterocycles. The lowest BCUT2D eigenvalue weighted by Gasteiger charge is -2.28. The van der Waals surface area contributed by atoms with E-state index in [2.05, 4.69) is 46.0 Å². The number of rotatable bonds is 2. The number of halogens is 1. The smallest absolute Gasteiger partial charge is 0.0692 e. The molecule has 1 N–H and O–H groups in total. The van der Waals surface area contributed by atoms with E-state index in [1.54, 1.807) is 0 Å². The zero-order valence-electron chi connectivity index (χ0n) is 9.41. The molecule has 0 bridgehead atoms. The predicted octanol–water partition coefficient (Wildman–Crippen LogP) is 3.10. The summed E-state index contributed by atoms with van der Waals surface area (Å²) >= 11 is 3.49. The van der Waals surface area contributed by atoms with Crippen LogP contribution in [0.5, 0.6) is 0 Å². The zero-order chi connectivity index (χ0) is 11.5. The van der Waals surface area contributed by atoms with Gasteiger partial charge in [0.25, 0.3) is 0 Å². The van der Waals surface area contributed by atoms with Gasteiger partial charge in [-0.3, -0.25) is 0 Å². The lowest BCUT2D eigenvalue weighted by Crippen LogP contribution is -2.29. The first kappa shape index (κ1) is 11.7. The summed E-state index contributed by atoms with van der Waals surface area (Å²) in [5.74, 6) is 0. The maximum atomic E-state index is 9.11. The molecule has 0 fully saturated rings. The van der Waals surface area contributed by atoms with Crippen LogP contribution in [0.3, 0.4) is 0 Å². The van der Waals surface area contributed by atoms with Gasteiger partial charge in [0.15, 0.2) is 0 Å². The van der Waals surface area contributed by atoms with Crippen molar-refractivity contribution in [3.05, 3.63) is 39.9 Å². The molecule has 1 heterocycles. The fourth-order valence-corrected chi connectivity index (χ4v) is 2.49. The molecule has 0 amide bonds. The van der Waals surface area contributed by atoms with Gasteiger partial charge < -0.3 is 10.0 Å². The Bertz CT molecular complexity index is 414. The first-order chi connectivity index (χ1) is 7.70. The first-order valence-corrected chi connectivity index (χ1v) is 6.30. The molecule has 86 valence electrons. The van der Waals surface area contributed by atoms with Crippen molar-refractivity contribution in [2.45, 2.75) is 20.0 Å². The Morgan fingerprint density at radius 3 is 2.88 bits per heavy atom. The van der Waals surface area contributed by atoms with Crippen LogP contribution in [0.2, 0.25) is 0 Å². The van der Waals surface area contributed by atoms with E-state index in [0.29, 0.717) is 0 Å². The molecular weight excluding hydrogens is 266 g/mol. The van der Waals surface area contributed by atoms with Gasteiger partial charge in [0.05, 0.1) is 6.61 Å². The van der Waals surface area contributed by atoms with Crippen LogP contribution in [0.25, 0.3) is 0 Å². The highest BCUT2D eigenvalue weighted by molar-refractivity contribution is 9.10. The Morgan fingerprint density at radius 1 is 1.44 bits per heavy atom. The van der Waals surface area contributed by atoms with Gasteiger partial charge in [0, 0.05) is 23.2 Å². The number of hydrogen-bond acceptors (Lipinski definition) is 2. The second-order valence-corrected chi connectivity index (χ2v) is 5.05. The van der Waals surface area contributed by atoms with E-state index < -0.39 is 0 Å². The summed E-state index contributed by atoms with van der Waals surface area (Å²) in [4.78, 5) is 2.36. The number of benzene rings is 1. The number of nitrogens with zero attached hydrogens (tertiary/aromatic N) is 1. The fraction of sp³-hybridized carbons (Fsp3) is 0.385. The quantitative estimate of drug-likeness (QED) is 0.843. The third-order valence-electron chi connectivity index (χ3n) is 2.90. The highest BCUT2D eigenvalue weighted by Crippen LogP contribution is 2.26. The minimum absolute atomic E-state index is 0.0831. The molecule has 16 heavy (non-hydrogen) atoms. The van der Waals surface area contributed by atoms with Crippen molar-refractivity contribution in [2.24, 2.45) is 0 Å². The van der Waals surface area contributed by atoms with Crippen molar-refractivity contribution in [2.75, 3.05) is 18.0 Å². The van der Waals surface area contributed by atoms with Gasteiger partial charge in [-0.15, -0.1) is 0 Å². The van der Waals surface area contributed by atoms with E-state index in [9.17, 15) is 0 Å². The van der Waals surface area contributed by atoms with Crippen molar-refractivity contribution in [3.8, 4) is 0 Å². The first-order valence-electron chi connectivity index (χ1n) is 5.50. The van der Waals surface area contributed by atoms with Crippen molar-refractivity contribution in [1.29, 1.82) is 0 Å². The van der Waals surface area contributed by atoms with Gasteiger partial charge >= 0.3 is 0 Å². The van der Waals surface area contributed by atoms with Gasteiger partial charge in [-0.05, 0) is 31.0 Å². The molecule has 1 aliphatic heterocycles. The SMILES string of the molecule is CC1=CCCN(c2ccc(CO)c(Br)c2)C1. The maximum absolute atomic E-state index is 9.11. The number of aliphatic hydroxyl groups excluding tert-OH is 1. The summed E-state index contributed by atoms with van der Waals surface area (Å²) in [6, 6.07) is 6.14. The minimum atomic E-state index is 0.0831. The summed E-state index contributed by atoms with van der Waals surface area (Å²) in [6.45, 7) is 4.33. The maximum Gasteiger partial charge on any atom is 0.0692 e. The molecule has 0 atom stereocenters. The standard InChI is InChI=1S/C13H16BrNO/c1-10-3-2-6-15(8-10)12-5-4-11(9-16)13(14)7-12/h3-5,7,16H,2,6,8-9H2,1H3. The highest BCUT2D eigenvalue weighted by atomic mass is 79.9. The molecule has 1 aromatic rings. The van der Waals surface area contributed by atoms with E-state index in [4.69, 9.17) is 5.11 Å². The van der Waals surface area contributed by atoms with Gasteiger partial charge in [-0.1, -0.05) is 33.6 Å². The van der Waals surface area contributed by atoms with Crippen molar-refractivity contribution < 1.29 is 5.11 Å². The van der Waals surface area contributed by atoms with Crippen molar-refractivity contribution in [3.63, 3.8) is 0 Å². The monoisotopic (exact) mass is 281 g/mol. The summed E-state index contributed by atoms with van der Waals surface area (Å²) in [6.07, 6.45) is 3.42. The van der Waals surface area contributed by atoms with E-state index in [0.717, 1.165) is 29.5 Å². The Hall–Kier alpha value is -0.800. The number of anilines is 1. The van der Waals surface area contributed by atoms with E-state index in [1.807, 2.05) is 6.07 Å². The van der Waals surface area contributed by atoms with Crippen LogP contribution in [-0.2, 0) is 6.61 Å². The molecule has 0 aliphatic carbocycles. The Kier molecular flexibility index (Phi) is 3.66. The third kappa shape index (κ3) is 2.47. The second-order valence-electron chi connectivity index (χ2n) is 4.19. The lowest BCUT2D eigenvalue weighted by atomic mass is 10.1. The van der Waals surface area contributed by atoms with Crippen LogP contribution in [0.4, 0.5) is 5.69 Å². The van der Waals surface area contributed by atoms with Crippen LogP contribution in [0, 0.1) is 0 Å². The summed E-state index contributed by atoms with van der Waals surface area (Å²) < 4.78 is 0.986. The second kappa shape index (κ2) is 5.02. The molecular formula is C13H16BrNO. The van der Waals surface area contributed by atoms with Crippen LogP contribution in [0.15, 0.2) is 34.3 Å². The molecule has 0 radical (unpaired) electrons. The summed E-state index contributed by atoms with van der Waals surface area (Å²) in [5.41, 5.74) is 3.58. The number of hydrogen-bond donors (Lipinski definition) is 1. The van der Waals surface area contributed by atoms with Gasteiger partial charge in [0.1, 0.15) is 0 Å². The van der Waals surface area contributed by atoms with Crippen LogP contribution >= 0.6 is 15.9 Å². The molecule has 1 aliphatic rings. The van der Waals surface area contributed by atoms with Crippen molar-refractivity contribution in [1.82, 2.24) is 0 Å². The van der Waals surface area contributed by atoms with E-state index in [1.165, 1.54) is 11.3 Å². The van der Waals surface area contributed by atoms with E-state index in [-0.39, 0.29) is 6.61 Å². The molecule has 1 aromatic carbocycles. The Balaban J connectivity index is 2.21. The van der Waals surface area contributed by atoms with Crippen molar-refractivity contribution >= 4 is 21.6 Å². The average Bonchev–Trinajstić information content (AvgIpc) is 2.29. The van der Waals surface area contributed by atoms with Crippen LogP contribution < -0.4 is 4.90 Å². The number of aliphatic hydroxyl groups is 1. The van der Waals surface area contributed by atoms with E-state index >= 15 is 0 Å². The molecule has 2 nitrogen and oxygen atoms in total. The third-order valence-corrected chi connectivity index (χ3v) is 3.64. The summed E-state index contributed by atoms with van der Waals surface area (Å²) in [7, 11) is 0. The predicted molar refractivity (Wildman–Crippen MR) is 70.7 cm³/mol. The minimum Gasteiger partial charge on any atom is -0.392 e. The van der Waals surface area contributed by atoms with Gasteiger partial charge in [0.2, 0.25) is 0 Å². The molecule has 0 unspecified atom stereocenters. The topological polar surface area (TPSA) is 23.5 Å². The molecule has 0 spiro atoms.